The van der Waals surface area contributed by atoms with Crippen LogP contribution in [0.1, 0.15) is 0 Å². The molecular weight excluding hydrogens is 446 g/mol. The predicted molar refractivity (Wildman–Crippen MR) is 147 cm³/mol. The number of thiophene rings is 1. The lowest BCUT2D eigenvalue weighted by Crippen LogP contribution is -1.96. The van der Waals surface area contributed by atoms with Gasteiger partial charge < -0.3 is 0 Å². The molecule has 35 heavy (non-hydrogen) atoms. The van der Waals surface area contributed by atoms with Crippen LogP contribution in [0.2, 0.25) is 0 Å². The number of fused-ring (bicyclic) bond motifs is 5. The molecular formula is C31H19N3S. The van der Waals surface area contributed by atoms with E-state index in [2.05, 4.69) is 113 Å². The van der Waals surface area contributed by atoms with Gasteiger partial charge in [0.25, 0.3) is 0 Å². The summed E-state index contributed by atoms with van der Waals surface area (Å²) >= 11 is 1.84. The Bertz CT molecular complexity index is 1850. The number of benzene rings is 5. The summed E-state index contributed by atoms with van der Waals surface area (Å²) < 4.78 is 2.60. The Morgan fingerprint density at radius 2 is 1.23 bits per heavy atom. The van der Waals surface area contributed by atoms with Crippen molar-refractivity contribution in [3.8, 4) is 33.9 Å². The first kappa shape index (κ1) is 20.0. The molecule has 0 unspecified atom stereocenters. The molecule has 0 atom stereocenters. The number of rotatable bonds is 3. The lowest BCUT2D eigenvalue weighted by molar-refractivity contribution is 1.07. The fourth-order valence-electron chi connectivity index (χ4n) is 4.81. The molecule has 0 aliphatic heterocycles. The lowest BCUT2D eigenvalue weighted by Gasteiger charge is -2.09. The first-order valence-corrected chi connectivity index (χ1v) is 12.3. The summed E-state index contributed by atoms with van der Waals surface area (Å²) in [5.74, 6) is 1.36. The van der Waals surface area contributed by atoms with Gasteiger partial charge >= 0.3 is 0 Å². The SMILES string of the molecule is c1ccc(-c2cccc(-c3ncnc(-c4cccc5c4ccc4sc6ccccc6c45)n3)c2)cc1. The highest BCUT2D eigenvalue weighted by Gasteiger charge is 2.14. The third kappa shape index (κ3) is 3.38. The zero-order valence-electron chi connectivity index (χ0n) is 18.7. The Kier molecular flexibility index (Phi) is 4.64. The van der Waals surface area contributed by atoms with Crippen LogP contribution >= 0.6 is 11.3 Å². The van der Waals surface area contributed by atoms with Crippen molar-refractivity contribution < 1.29 is 0 Å². The molecule has 164 valence electrons. The van der Waals surface area contributed by atoms with E-state index in [0.717, 1.165) is 22.1 Å². The maximum atomic E-state index is 4.91. The first-order valence-electron chi connectivity index (χ1n) is 11.5. The standard InChI is InChI=1S/C31H19N3S/c1-2-8-20(9-3-1)21-10-6-11-22(18-21)30-32-19-33-31(34-30)25-14-7-13-24-23(25)16-17-28-29(24)26-12-4-5-15-27(26)35-28/h1-19H. The van der Waals surface area contributed by atoms with Crippen LogP contribution in [0.25, 0.3) is 64.8 Å². The minimum Gasteiger partial charge on any atom is -0.217 e. The van der Waals surface area contributed by atoms with E-state index in [4.69, 9.17) is 4.98 Å². The summed E-state index contributed by atoms with van der Waals surface area (Å²) in [6.45, 7) is 0. The molecule has 5 aromatic carbocycles. The average molecular weight is 466 g/mol. The monoisotopic (exact) mass is 465 g/mol. The summed E-state index contributed by atoms with van der Waals surface area (Å²) in [4.78, 5) is 14.0. The van der Waals surface area contributed by atoms with Crippen molar-refractivity contribution in [2.75, 3.05) is 0 Å². The van der Waals surface area contributed by atoms with Crippen LogP contribution in [0.3, 0.4) is 0 Å². The van der Waals surface area contributed by atoms with Gasteiger partial charge in [0.05, 0.1) is 0 Å². The zero-order chi connectivity index (χ0) is 23.2. The van der Waals surface area contributed by atoms with Gasteiger partial charge in [-0.1, -0.05) is 91.0 Å². The first-order chi connectivity index (χ1) is 17.3. The molecule has 0 N–H and O–H groups in total. The number of aromatic nitrogens is 3. The van der Waals surface area contributed by atoms with Gasteiger partial charge in [-0.25, -0.2) is 15.0 Å². The molecule has 0 aliphatic rings. The molecule has 0 saturated heterocycles. The van der Waals surface area contributed by atoms with Crippen LogP contribution < -0.4 is 0 Å². The quantitative estimate of drug-likeness (QED) is 0.263. The molecule has 4 heteroatoms. The second-order valence-electron chi connectivity index (χ2n) is 8.52. The Morgan fingerprint density at radius 3 is 2.17 bits per heavy atom. The summed E-state index contributed by atoms with van der Waals surface area (Å²) in [6.07, 6.45) is 1.62. The van der Waals surface area contributed by atoms with Gasteiger partial charge in [0.15, 0.2) is 11.6 Å². The molecule has 0 fully saturated rings. The number of nitrogens with zero attached hydrogens (tertiary/aromatic N) is 3. The predicted octanol–water partition coefficient (Wildman–Crippen LogP) is 8.39. The normalized spacial score (nSPS) is 11.4. The van der Waals surface area contributed by atoms with E-state index in [1.54, 1.807) is 6.33 Å². The van der Waals surface area contributed by atoms with Crippen molar-refractivity contribution in [3.05, 3.63) is 116 Å². The van der Waals surface area contributed by atoms with Crippen LogP contribution in [-0.4, -0.2) is 15.0 Å². The Hall–Kier alpha value is -4.41. The Labute approximate surface area is 206 Å². The summed E-state index contributed by atoms with van der Waals surface area (Å²) in [5.41, 5.74) is 4.30. The van der Waals surface area contributed by atoms with Crippen molar-refractivity contribution in [2.24, 2.45) is 0 Å². The van der Waals surface area contributed by atoms with Crippen molar-refractivity contribution in [3.63, 3.8) is 0 Å². The highest BCUT2D eigenvalue weighted by atomic mass is 32.1. The Balaban J connectivity index is 1.38. The largest absolute Gasteiger partial charge is 0.217 e. The van der Waals surface area contributed by atoms with E-state index < -0.39 is 0 Å². The van der Waals surface area contributed by atoms with Crippen molar-refractivity contribution in [1.29, 1.82) is 0 Å². The molecule has 7 rings (SSSR count). The smallest absolute Gasteiger partial charge is 0.163 e. The molecule has 0 saturated carbocycles. The fraction of sp³-hybridized carbons (Fsp3) is 0. The van der Waals surface area contributed by atoms with Gasteiger partial charge in [0.1, 0.15) is 6.33 Å². The van der Waals surface area contributed by atoms with E-state index in [1.165, 1.54) is 31.1 Å². The highest BCUT2D eigenvalue weighted by molar-refractivity contribution is 7.26. The third-order valence-electron chi connectivity index (χ3n) is 6.44. The van der Waals surface area contributed by atoms with Gasteiger partial charge in [-0.15, -0.1) is 11.3 Å². The molecule has 0 aliphatic carbocycles. The number of hydrogen-bond donors (Lipinski definition) is 0. The fourth-order valence-corrected chi connectivity index (χ4v) is 5.93. The van der Waals surface area contributed by atoms with E-state index in [9.17, 15) is 0 Å². The van der Waals surface area contributed by atoms with E-state index in [-0.39, 0.29) is 0 Å². The Morgan fingerprint density at radius 1 is 0.486 bits per heavy atom. The second kappa shape index (κ2) is 8.12. The molecule has 0 radical (unpaired) electrons. The summed E-state index contributed by atoms with van der Waals surface area (Å²) in [6, 6.07) is 38.1. The lowest BCUT2D eigenvalue weighted by atomic mass is 9.99. The van der Waals surface area contributed by atoms with Crippen LogP contribution in [0.5, 0.6) is 0 Å². The topological polar surface area (TPSA) is 38.7 Å². The van der Waals surface area contributed by atoms with Crippen LogP contribution in [0, 0.1) is 0 Å². The maximum Gasteiger partial charge on any atom is 0.163 e. The van der Waals surface area contributed by atoms with Crippen LogP contribution in [-0.2, 0) is 0 Å². The third-order valence-corrected chi connectivity index (χ3v) is 7.58. The number of hydrogen-bond acceptors (Lipinski definition) is 4. The maximum absolute atomic E-state index is 4.91. The minimum atomic E-state index is 0.673. The molecule has 3 nitrogen and oxygen atoms in total. The molecule has 2 heterocycles. The average Bonchev–Trinajstić information content (AvgIpc) is 3.33. The van der Waals surface area contributed by atoms with E-state index >= 15 is 0 Å². The van der Waals surface area contributed by atoms with Gasteiger partial charge in [-0.3, -0.25) is 0 Å². The summed E-state index contributed by atoms with van der Waals surface area (Å²) in [7, 11) is 0. The zero-order valence-corrected chi connectivity index (χ0v) is 19.5. The second-order valence-corrected chi connectivity index (χ2v) is 9.60. The van der Waals surface area contributed by atoms with Gasteiger partial charge in [-0.05, 0) is 40.1 Å². The molecule has 0 spiro atoms. The van der Waals surface area contributed by atoms with Crippen molar-refractivity contribution in [2.45, 2.75) is 0 Å². The van der Waals surface area contributed by atoms with Gasteiger partial charge in [0, 0.05) is 31.3 Å². The van der Waals surface area contributed by atoms with Crippen LogP contribution in [0.4, 0.5) is 0 Å². The molecule has 2 aromatic heterocycles. The summed E-state index contributed by atoms with van der Waals surface area (Å²) in [5, 5.41) is 4.98. The molecule has 0 bridgehead atoms. The molecule has 7 aromatic rings. The van der Waals surface area contributed by atoms with E-state index in [1.807, 2.05) is 17.4 Å². The van der Waals surface area contributed by atoms with E-state index in [0.29, 0.717) is 11.6 Å². The van der Waals surface area contributed by atoms with Crippen molar-refractivity contribution in [1.82, 2.24) is 15.0 Å². The van der Waals surface area contributed by atoms with Gasteiger partial charge in [-0.2, -0.15) is 0 Å². The van der Waals surface area contributed by atoms with Crippen LogP contribution in [0.15, 0.2) is 116 Å². The van der Waals surface area contributed by atoms with Gasteiger partial charge in [0.2, 0.25) is 0 Å². The van der Waals surface area contributed by atoms with Crippen molar-refractivity contribution >= 4 is 42.3 Å². The molecule has 0 amide bonds. The highest BCUT2D eigenvalue weighted by Crippen LogP contribution is 2.40. The minimum absolute atomic E-state index is 0.673.